The zero-order valence-electron chi connectivity index (χ0n) is 15.9. The number of hydrogen-bond acceptors (Lipinski definition) is 3. The molecule has 160 valence electrons. The van der Waals surface area contributed by atoms with Crippen LogP contribution in [0.4, 0.5) is 13.2 Å². The molecule has 0 bridgehead atoms. The fraction of sp³-hybridized carbons (Fsp3) is 0.136. The van der Waals surface area contributed by atoms with E-state index in [2.05, 4.69) is 0 Å². The normalized spacial score (nSPS) is 16.2. The molecule has 1 aliphatic heterocycles. The van der Waals surface area contributed by atoms with E-state index in [-0.39, 0.29) is 25.4 Å². The van der Waals surface area contributed by atoms with Crippen LogP contribution in [0.15, 0.2) is 83.8 Å². The average Bonchev–Trinajstić information content (AvgIpc) is 2.95. The molecular weight excluding hydrogens is 494 g/mol. The molecule has 3 aromatic carbocycles. The van der Waals surface area contributed by atoms with Crippen LogP contribution in [0.25, 0.3) is 0 Å². The van der Waals surface area contributed by atoms with E-state index in [0.29, 0.717) is 10.9 Å². The fourth-order valence-electron chi connectivity index (χ4n) is 3.40. The van der Waals surface area contributed by atoms with Crippen molar-refractivity contribution in [3.8, 4) is 0 Å². The van der Waals surface area contributed by atoms with Crippen LogP contribution in [0.3, 0.4) is 0 Å². The number of nitrogens with zero attached hydrogens (tertiary/aromatic N) is 1. The first-order valence-electron chi connectivity index (χ1n) is 9.22. The summed E-state index contributed by atoms with van der Waals surface area (Å²) in [7, 11) is -4.11. The van der Waals surface area contributed by atoms with Gasteiger partial charge < -0.3 is 0 Å². The van der Waals surface area contributed by atoms with E-state index in [1.807, 2.05) is 30.3 Å². The zero-order valence-corrected chi connectivity index (χ0v) is 18.4. The zero-order chi connectivity index (χ0) is 22.2. The fourth-order valence-corrected chi connectivity index (χ4v) is 7.54. The first-order valence-corrected chi connectivity index (χ1v) is 12.7. The average molecular weight is 510 g/mol. The number of amides is 1. The number of sulfonamides is 1. The third kappa shape index (κ3) is 4.13. The maximum absolute atomic E-state index is 13.2. The molecule has 0 radical (unpaired) electrons. The van der Waals surface area contributed by atoms with Gasteiger partial charge in [-0.15, -0.1) is 0 Å². The van der Waals surface area contributed by atoms with E-state index in [1.54, 1.807) is 6.07 Å². The van der Waals surface area contributed by atoms with Crippen LogP contribution < -0.4 is 4.46 Å². The Morgan fingerprint density at radius 2 is 1.48 bits per heavy atom. The summed E-state index contributed by atoms with van der Waals surface area (Å²) in [4.78, 5) is 13.0. The van der Waals surface area contributed by atoms with Crippen LogP contribution in [0.2, 0.25) is 5.32 Å². The second-order valence-corrected chi connectivity index (χ2v) is 10.9. The molecule has 1 atom stereocenters. The van der Waals surface area contributed by atoms with Crippen LogP contribution in [0, 0.1) is 0 Å². The van der Waals surface area contributed by atoms with Gasteiger partial charge in [0.15, 0.2) is 0 Å². The van der Waals surface area contributed by atoms with Gasteiger partial charge in [-0.05, 0) is 0 Å². The number of carbonyl (C=O) groups excluding carboxylic acids is 1. The number of carbonyl (C=O) groups is 1. The van der Waals surface area contributed by atoms with E-state index in [9.17, 15) is 26.4 Å². The molecule has 31 heavy (non-hydrogen) atoms. The van der Waals surface area contributed by atoms with E-state index in [1.165, 1.54) is 30.3 Å². The molecular formula is C22H16F3NO3SSe. The van der Waals surface area contributed by atoms with E-state index >= 15 is 0 Å². The molecule has 0 aromatic heterocycles. The van der Waals surface area contributed by atoms with Gasteiger partial charge >= 0.3 is 184 Å². The topological polar surface area (TPSA) is 54.5 Å². The van der Waals surface area contributed by atoms with E-state index in [4.69, 9.17) is 0 Å². The van der Waals surface area contributed by atoms with Crippen molar-refractivity contribution >= 4 is 35.3 Å². The van der Waals surface area contributed by atoms with Crippen LogP contribution in [-0.4, -0.2) is 33.6 Å². The Kier molecular flexibility index (Phi) is 5.68. The van der Waals surface area contributed by atoms with Crippen molar-refractivity contribution in [3.63, 3.8) is 0 Å². The summed E-state index contributed by atoms with van der Waals surface area (Å²) in [6.45, 7) is 0. The summed E-state index contributed by atoms with van der Waals surface area (Å²) in [5, 5.41) is 0.293. The molecule has 0 N–H and O–H groups in total. The van der Waals surface area contributed by atoms with Gasteiger partial charge in [-0.25, -0.2) is 0 Å². The molecule has 1 heterocycles. The molecule has 9 heteroatoms. The molecule has 1 amide bonds. The molecule has 0 saturated carbocycles. The van der Waals surface area contributed by atoms with Crippen LogP contribution in [0.5, 0.6) is 0 Å². The number of benzene rings is 3. The van der Waals surface area contributed by atoms with Gasteiger partial charge in [0, 0.05) is 0 Å². The summed E-state index contributed by atoms with van der Waals surface area (Å²) in [5.74, 6) is -0.663. The first-order chi connectivity index (χ1) is 14.7. The third-order valence-corrected chi connectivity index (χ3v) is 9.04. The van der Waals surface area contributed by atoms with E-state index in [0.717, 1.165) is 20.9 Å². The molecule has 0 spiro atoms. The Morgan fingerprint density at radius 3 is 2.10 bits per heavy atom. The van der Waals surface area contributed by atoms with Gasteiger partial charge in [0.25, 0.3) is 0 Å². The van der Waals surface area contributed by atoms with Crippen molar-refractivity contribution in [2.75, 3.05) is 0 Å². The quantitative estimate of drug-likeness (QED) is 0.487. The maximum atomic E-state index is 13.2. The predicted molar refractivity (Wildman–Crippen MR) is 111 cm³/mol. The van der Waals surface area contributed by atoms with Crippen molar-refractivity contribution in [3.05, 3.63) is 95.6 Å². The van der Waals surface area contributed by atoms with Crippen LogP contribution in [0.1, 0.15) is 27.5 Å². The van der Waals surface area contributed by atoms with Gasteiger partial charge in [0.1, 0.15) is 0 Å². The molecule has 3 aromatic rings. The molecule has 0 fully saturated rings. The summed E-state index contributed by atoms with van der Waals surface area (Å²) in [5.41, 5.74) is -0.412. The number of halogens is 3. The number of alkyl halides is 3. The first kappa shape index (κ1) is 21.6. The Hall–Kier alpha value is -2.61. The molecule has 0 saturated heterocycles. The van der Waals surface area contributed by atoms with Gasteiger partial charge in [-0.1, -0.05) is 0 Å². The van der Waals surface area contributed by atoms with E-state index < -0.39 is 33.7 Å². The summed E-state index contributed by atoms with van der Waals surface area (Å²) in [6, 6.07) is 18.7. The minimum atomic E-state index is -4.51. The van der Waals surface area contributed by atoms with Gasteiger partial charge in [0.2, 0.25) is 0 Å². The molecule has 1 unspecified atom stereocenters. The Bertz CT molecular complexity index is 1210. The number of fused-ring (bicyclic) bond motifs is 1. The number of hydrogen-bond donors (Lipinski definition) is 0. The summed E-state index contributed by atoms with van der Waals surface area (Å²) in [6.07, 6.45) is -4.51. The SMILES string of the molecule is O=C1c2ccccc2S(=O)(=O)N1C(C[Se]c1ccccc1)c1ccc(C(F)(F)F)cc1. The van der Waals surface area contributed by atoms with Crippen molar-refractivity contribution < 1.29 is 26.4 Å². The van der Waals surface area contributed by atoms with Gasteiger partial charge in [0.05, 0.1) is 0 Å². The van der Waals surface area contributed by atoms with Crippen LogP contribution in [-0.2, 0) is 16.2 Å². The second kappa shape index (κ2) is 8.15. The molecule has 0 aliphatic carbocycles. The standard InChI is InChI=1S/C22H16F3NO3SSe/c23-22(24,25)16-12-10-15(11-13-16)19(14-31-17-6-2-1-3-7-17)26-21(27)18-8-4-5-9-20(18)30(26,28)29/h1-13,19H,14H2. The molecule has 4 rings (SSSR count). The Morgan fingerprint density at radius 1 is 0.871 bits per heavy atom. The summed E-state index contributed by atoms with van der Waals surface area (Å²) < 4.78 is 67.2. The van der Waals surface area contributed by atoms with Gasteiger partial charge in [-0.3, -0.25) is 0 Å². The molecule has 1 aliphatic rings. The Labute approximate surface area is 183 Å². The van der Waals surface area contributed by atoms with Crippen molar-refractivity contribution in [2.45, 2.75) is 22.4 Å². The van der Waals surface area contributed by atoms with Crippen LogP contribution >= 0.6 is 0 Å². The predicted octanol–water partition coefficient (Wildman–Crippen LogP) is 4.04. The van der Waals surface area contributed by atoms with Crippen molar-refractivity contribution in [2.24, 2.45) is 0 Å². The Balaban J connectivity index is 1.75. The minimum absolute atomic E-state index is 0.0756. The number of rotatable bonds is 5. The van der Waals surface area contributed by atoms with Crippen molar-refractivity contribution in [1.82, 2.24) is 4.31 Å². The van der Waals surface area contributed by atoms with Crippen molar-refractivity contribution in [1.29, 1.82) is 0 Å². The monoisotopic (exact) mass is 511 g/mol. The third-order valence-electron chi connectivity index (χ3n) is 4.91. The summed E-state index contributed by atoms with van der Waals surface area (Å²) >= 11 is -0.209. The second-order valence-electron chi connectivity index (χ2n) is 6.86. The molecule has 4 nitrogen and oxygen atoms in total. The van der Waals surface area contributed by atoms with Gasteiger partial charge in [-0.2, -0.15) is 0 Å².